The Morgan fingerprint density at radius 1 is 1.07 bits per heavy atom. The first-order valence-electron chi connectivity index (χ1n) is 10.4. The van der Waals surface area contributed by atoms with Crippen molar-refractivity contribution >= 4 is 17.7 Å². The maximum atomic E-state index is 12.5. The summed E-state index contributed by atoms with van der Waals surface area (Å²) in [5, 5.41) is 8.43. The number of nitrogens with one attached hydrogen (secondary N) is 3. The van der Waals surface area contributed by atoms with Crippen LogP contribution in [0.1, 0.15) is 45.6 Å². The highest BCUT2D eigenvalue weighted by molar-refractivity contribution is 5.91. The van der Waals surface area contributed by atoms with Gasteiger partial charge in [0, 0.05) is 38.4 Å². The Bertz CT molecular complexity index is 680. The van der Waals surface area contributed by atoms with Crippen molar-refractivity contribution in [3.63, 3.8) is 0 Å². The molecule has 1 aliphatic heterocycles. The van der Waals surface area contributed by atoms with Crippen molar-refractivity contribution in [1.29, 1.82) is 0 Å². The lowest BCUT2D eigenvalue weighted by atomic mass is 10.0. The summed E-state index contributed by atoms with van der Waals surface area (Å²) < 4.78 is 0. The van der Waals surface area contributed by atoms with E-state index in [0.29, 0.717) is 19.4 Å². The van der Waals surface area contributed by atoms with Crippen LogP contribution in [0.15, 0.2) is 24.5 Å². The van der Waals surface area contributed by atoms with Crippen LogP contribution in [0.2, 0.25) is 0 Å². The standard InChI is InChI=1S/C21H33N5O3/c1-15(2)19-21(29)23-9-5-13-26(14-17-7-10-22-11-8-17)12-4-6-18(27)24-16(3)20(28)25-19/h7-8,10-11,15-16,19H,4-6,9,12-14H2,1-3H3,(H,23,29)(H,24,27)(H,25,28)/t16-,19-/m1/s1. The van der Waals surface area contributed by atoms with E-state index in [1.54, 1.807) is 19.3 Å². The van der Waals surface area contributed by atoms with Crippen LogP contribution in [0.25, 0.3) is 0 Å². The van der Waals surface area contributed by atoms with Crippen LogP contribution in [0.3, 0.4) is 0 Å². The molecule has 0 aliphatic carbocycles. The molecule has 0 spiro atoms. The summed E-state index contributed by atoms with van der Waals surface area (Å²) in [6.45, 7) is 8.28. The predicted octanol–water partition coefficient (Wildman–Crippen LogP) is 0.829. The number of hydrogen-bond acceptors (Lipinski definition) is 5. The molecule has 0 saturated carbocycles. The second-order valence-electron chi connectivity index (χ2n) is 7.90. The highest BCUT2D eigenvalue weighted by atomic mass is 16.2. The van der Waals surface area contributed by atoms with Gasteiger partial charge in [-0.05, 0) is 49.9 Å². The molecule has 1 fully saturated rings. The molecule has 2 heterocycles. The van der Waals surface area contributed by atoms with Crippen molar-refractivity contribution < 1.29 is 14.4 Å². The van der Waals surface area contributed by atoms with E-state index in [0.717, 1.165) is 31.6 Å². The van der Waals surface area contributed by atoms with E-state index >= 15 is 0 Å². The van der Waals surface area contributed by atoms with Gasteiger partial charge >= 0.3 is 0 Å². The average Bonchev–Trinajstić information content (AvgIpc) is 2.68. The summed E-state index contributed by atoms with van der Waals surface area (Å²) >= 11 is 0. The van der Waals surface area contributed by atoms with Crippen molar-refractivity contribution in [3.05, 3.63) is 30.1 Å². The summed E-state index contributed by atoms with van der Waals surface area (Å²) in [6.07, 6.45) is 5.39. The molecule has 0 unspecified atom stereocenters. The molecule has 8 heteroatoms. The van der Waals surface area contributed by atoms with Gasteiger partial charge in [-0.15, -0.1) is 0 Å². The molecule has 160 valence electrons. The summed E-state index contributed by atoms with van der Waals surface area (Å²) in [7, 11) is 0. The van der Waals surface area contributed by atoms with E-state index in [1.165, 1.54) is 0 Å². The number of amides is 3. The van der Waals surface area contributed by atoms with Crippen molar-refractivity contribution in [2.45, 2.75) is 58.7 Å². The number of hydrogen-bond donors (Lipinski definition) is 3. The Morgan fingerprint density at radius 2 is 1.76 bits per heavy atom. The van der Waals surface area contributed by atoms with Gasteiger partial charge in [0.2, 0.25) is 17.7 Å². The maximum absolute atomic E-state index is 12.5. The van der Waals surface area contributed by atoms with Crippen LogP contribution >= 0.6 is 0 Å². The highest BCUT2D eigenvalue weighted by Gasteiger charge is 2.26. The third-order valence-electron chi connectivity index (χ3n) is 5.00. The molecule has 3 amide bonds. The molecule has 1 aromatic heterocycles. The van der Waals surface area contributed by atoms with Gasteiger partial charge in [0.15, 0.2) is 0 Å². The minimum Gasteiger partial charge on any atom is -0.354 e. The fourth-order valence-corrected chi connectivity index (χ4v) is 3.30. The van der Waals surface area contributed by atoms with Gasteiger partial charge in [-0.3, -0.25) is 24.3 Å². The van der Waals surface area contributed by atoms with E-state index in [4.69, 9.17) is 0 Å². The number of pyridine rings is 1. The first kappa shape index (κ1) is 22.8. The number of nitrogens with zero attached hydrogens (tertiary/aromatic N) is 2. The first-order chi connectivity index (χ1) is 13.9. The largest absolute Gasteiger partial charge is 0.354 e. The summed E-state index contributed by atoms with van der Waals surface area (Å²) in [5.74, 6) is -0.749. The van der Waals surface area contributed by atoms with E-state index < -0.39 is 12.1 Å². The Morgan fingerprint density at radius 3 is 2.45 bits per heavy atom. The molecule has 0 radical (unpaired) electrons. The molecule has 29 heavy (non-hydrogen) atoms. The number of aromatic nitrogens is 1. The Hall–Kier alpha value is -2.48. The van der Waals surface area contributed by atoms with Crippen LogP contribution in [0, 0.1) is 5.92 Å². The van der Waals surface area contributed by atoms with Crippen LogP contribution in [-0.4, -0.2) is 59.3 Å². The van der Waals surface area contributed by atoms with Crippen molar-refractivity contribution in [1.82, 2.24) is 25.8 Å². The zero-order chi connectivity index (χ0) is 21.2. The van der Waals surface area contributed by atoms with Gasteiger partial charge in [-0.25, -0.2) is 0 Å². The second-order valence-corrected chi connectivity index (χ2v) is 7.90. The van der Waals surface area contributed by atoms with Gasteiger partial charge < -0.3 is 16.0 Å². The first-order valence-corrected chi connectivity index (χ1v) is 10.4. The van der Waals surface area contributed by atoms with Crippen molar-refractivity contribution in [2.75, 3.05) is 19.6 Å². The van der Waals surface area contributed by atoms with Gasteiger partial charge in [0.1, 0.15) is 12.1 Å². The molecule has 3 N–H and O–H groups in total. The number of carbonyl (C=O) groups is 3. The van der Waals surface area contributed by atoms with E-state index in [1.807, 2.05) is 26.0 Å². The number of carbonyl (C=O) groups excluding carboxylic acids is 3. The van der Waals surface area contributed by atoms with Gasteiger partial charge in [0.25, 0.3) is 0 Å². The summed E-state index contributed by atoms with van der Waals surface area (Å²) in [4.78, 5) is 43.5. The molecule has 0 bridgehead atoms. The van der Waals surface area contributed by atoms with Gasteiger partial charge in [0.05, 0.1) is 0 Å². The predicted molar refractivity (Wildman–Crippen MR) is 111 cm³/mol. The fraction of sp³-hybridized carbons (Fsp3) is 0.619. The SMILES string of the molecule is CC(C)[C@H]1NC(=O)[C@@H](C)NC(=O)CCCN(Cc2ccncc2)CCCNC1=O. The summed E-state index contributed by atoms with van der Waals surface area (Å²) in [6, 6.07) is 2.65. The molecule has 0 aromatic carbocycles. The minimum atomic E-state index is -0.686. The number of rotatable bonds is 3. The lowest BCUT2D eigenvalue weighted by molar-refractivity contribution is -0.132. The van der Waals surface area contributed by atoms with Gasteiger partial charge in [-0.2, -0.15) is 0 Å². The molecule has 2 rings (SSSR count). The molecule has 1 aromatic rings. The Labute approximate surface area is 172 Å². The lowest BCUT2D eigenvalue weighted by Gasteiger charge is -2.24. The normalized spacial score (nSPS) is 23.5. The van der Waals surface area contributed by atoms with Crippen LogP contribution < -0.4 is 16.0 Å². The monoisotopic (exact) mass is 403 g/mol. The zero-order valence-corrected chi connectivity index (χ0v) is 17.6. The lowest BCUT2D eigenvalue weighted by Crippen LogP contribution is -2.54. The third-order valence-corrected chi connectivity index (χ3v) is 5.00. The van der Waals surface area contributed by atoms with E-state index in [9.17, 15) is 14.4 Å². The quantitative estimate of drug-likeness (QED) is 0.694. The molecule has 2 atom stereocenters. The maximum Gasteiger partial charge on any atom is 0.242 e. The fourth-order valence-electron chi connectivity index (χ4n) is 3.30. The van der Waals surface area contributed by atoms with Crippen molar-refractivity contribution in [3.8, 4) is 0 Å². The molecule has 8 nitrogen and oxygen atoms in total. The minimum absolute atomic E-state index is 0.0549. The van der Waals surface area contributed by atoms with E-state index in [2.05, 4.69) is 25.8 Å². The zero-order valence-electron chi connectivity index (χ0n) is 17.6. The third kappa shape index (κ3) is 7.81. The molecule has 1 saturated heterocycles. The Balaban J connectivity index is 2.06. The van der Waals surface area contributed by atoms with E-state index in [-0.39, 0.29) is 23.6 Å². The summed E-state index contributed by atoms with van der Waals surface area (Å²) in [5.41, 5.74) is 1.16. The average molecular weight is 404 g/mol. The van der Waals surface area contributed by atoms with Crippen LogP contribution in [0.5, 0.6) is 0 Å². The van der Waals surface area contributed by atoms with Crippen LogP contribution in [-0.2, 0) is 20.9 Å². The molecule has 1 aliphatic rings. The van der Waals surface area contributed by atoms with Gasteiger partial charge in [-0.1, -0.05) is 13.8 Å². The second kappa shape index (κ2) is 11.5. The van der Waals surface area contributed by atoms with Crippen molar-refractivity contribution in [2.24, 2.45) is 5.92 Å². The molecular formula is C21H33N5O3. The van der Waals surface area contributed by atoms with Crippen LogP contribution in [0.4, 0.5) is 0 Å². The smallest absolute Gasteiger partial charge is 0.242 e. The topological polar surface area (TPSA) is 103 Å². The Kier molecular flexibility index (Phi) is 9.05. The molecular weight excluding hydrogens is 370 g/mol. The highest BCUT2D eigenvalue weighted by Crippen LogP contribution is 2.07.